The Bertz CT molecular complexity index is 3140. The number of halogens is 2. The Balaban J connectivity index is 0.000000202. The van der Waals surface area contributed by atoms with Gasteiger partial charge in [0.2, 0.25) is 20.0 Å². The van der Waals surface area contributed by atoms with Gasteiger partial charge in [-0.15, -0.1) is 26.3 Å². The molecule has 0 bridgehead atoms. The van der Waals surface area contributed by atoms with Crippen LogP contribution in [-0.4, -0.2) is 101 Å². The van der Waals surface area contributed by atoms with E-state index >= 15 is 0 Å². The lowest BCUT2D eigenvalue weighted by atomic mass is 9.70. The Morgan fingerprint density at radius 1 is 0.631 bits per heavy atom. The maximum absolute atomic E-state index is 13.3. The lowest BCUT2D eigenvalue weighted by Crippen LogP contribution is -2.47. The largest absolute Gasteiger partial charge is 0.490 e. The van der Waals surface area contributed by atoms with E-state index in [1.165, 1.54) is 22.3 Å². The van der Waals surface area contributed by atoms with Crippen molar-refractivity contribution in [3.05, 3.63) is 167 Å². The molecule has 4 aromatic carbocycles. The van der Waals surface area contributed by atoms with Gasteiger partial charge in [-0.2, -0.15) is 0 Å². The first-order chi connectivity index (χ1) is 40.2. The van der Waals surface area contributed by atoms with Gasteiger partial charge in [0.05, 0.1) is 47.3 Å². The lowest BCUT2D eigenvalue weighted by molar-refractivity contribution is 0.0459. The topological polar surface area (TPSA) is 192 Å². The van der Waals surface area contributed by atoms with E-state index in [4.69, 9.17) is 32.7 Å². The molecule has 10 atom stereocenters. The van der Waals surface area contributed by atoms with Gasteiger partial charge in [0, 0.05) is 58.2 Å². The van der Waals surface area contributed by atoms with Crippen molar-refractivity contribution in [2.75, 3.05) is 49.2 Å². The number of ether oxygens (including phenoxy) is 2. The Labute approximate surface area is 507 Å². The minimum Gasteiger partial charge on any atom is -0.490 e. The van der Waals surface area contributed by atoms with Gasteiger partial charge in [0.25, 0.3) is 11.8 Å². The molecular weight excluding hydrogens is 1140 g/mol. The summed E-state index contributed by atoms with van der Waals surface area (Å²) in [5.41, 5.74) is 6.44. The number of rotatable bonds is 22. The second-order valence-corrected chi connectivity index (χ2v) is 28.9. The Morgan fingerprint density at radius 2 is 1.04 bits per heavy atom. The van der Waals surface area contributed by atoms with Crippen molar-refractivity contribution in [2.24, 2.45) is 23.7 Å². The van der Waals surface area contributed by atoms with Crippen LogP contribution in [0.25, 0.3) is 0 Å². The summed E-state index contributed by atoms with van der Waals surface area (Å²) in [6.45, 7) is 22.2. The van der Waals surface area contributed by atoms with E-state index in [0.29, 0.717) is 89.4 Å². The van der Waals surface area contributed by atoms with Gasteiger partial charge < -0.3 is 29.5 Å². The van der Waals surface area contributed by atoms with Crippen LogP contribution in [0, 0.1) is 23.7 Å². The fraction of sp³-hybridized carbons (Fsp3) is 0.485. The minimum atomic E-state index is -3.86. The van der Waals surface area contributed by atoms with Crippen molar-refractivity contribution in [1.82, 2.24) is 9.44 Å². The Morgan fingerprint density at radius 3 is 1.38 bits per heavy atom. The van der Waals surface area contributed by atoms with Gasteiger partial charge in [-0.3, -0.25) is 9.59 Å². The third-order valence-corrected chi connectivity index (χ3v) is 23.3. The number of carbonyl (C=O) groups is 2. The predicted octanol–water partition coefficient (Wildman–Crippen LogP) is 11.6. The maximum atomic E-state index is 13.3. The number of amides is 2. The summed E-state index contributed by atoms with van der Waals surface area (Å²) in [5.74, 6) is 0.756. The van der Waals surface area contributed by atoms with Crippen LogP contribution < -0.4 is 28.7 Å². The van der Waals surface area contributed by atoms with Gasteiger partial charge in [0.15, 0.2) is 0 Å². The van der Waals surface area contributed by atoms with Crippen LogP contribution in [0.1, 0.15) is 134 Å². The number of allylic oxidation sites excluding steroid dienone is 2. The number of aliphatic hydroxyl groups excluding tert-OH is 2. The van der Waals surface area contributed by atoms with Gasteiger partial charge in [-0.1, -0.05) is 73.5 Å². The summed E-state index contributed by atoms with van der Waals surface area (Å²) in [6.07, 6.45) is 15.6. The number of benzene rings is 4. The highest BCUT2D eigenvalue weighted by atomic mass is 35.5. The normalized spacial score (nSPS) is 24.4. The predicted molar refractivity (Wildman–Crippen MR) is 336 cm³/mol. The first kappa shape index (κ1) is 62.9. The van der Waals surface area contributed by atoms with Crippen molar-refractivity contribution in [1.29, 1.82) is 0 Å². The molecule has 0 unspecified atom stereocenters. The molecule has 4 aliphatic carbocycles. The third kappa shape index (κ3) is 13.3. The summed E-state index contributed by atoms with van der Waals surface area (Å²) in [5, 5.41) is 21.2. The number of aliphatic hydroxyl groups is 2. The van der Waals surface area contributed by atoms with Crippen molar-refractivity contribution >= 4 is 66.4 Å². The van der Waals surface area contributed by atoms with Gasteiger partial charge in [-0.05, 0) is 196 Å². The zero-order chi connectivity index (χ0) is 60.1. The van der Waals surface area contributed by atoms with E-state index < -0.39 is 54.6 Å². The summed E-state index contributed by atoms with van der Waals surface area (Å²) < 4.78 is 69.8. The number of anilines is 2. The smallest absolute Gasteiger partial charge is 0.264 e. The second-order valence-electron chi connectivity index (χ2n) is 24.1. The molecule has 18 heteroatoms. The van der Waals surface area contributed by atoms with Crippen LogP contribution in [0.3, 0.4) is 0 Å². The van der Waals surface area contributed by atoms with Crippen LogP contribution in [0.15, 0.2) is 123 Å². The average molecular weight is 1230 g/mol. The summed E-state index contributed by atoms with van der Waals surface area (Å²) in [6, 6.07) is 22.4. The summed E-state index contributed by atoms with van der Waals surface area (Å²) in [7, 11) is -7.73. The molecule has 6 aliphatic rings. The van der Waals surface area contributed by atoms with Crippen molar-refractivity contribution < 1.29 is 46.1 Å². The molecule has 0 aromatic heterocycles. The third-order valence-electron chi connectivity index (χ3n) is 19.0. The highest BCUT2D eigenvalue weighted by molar-refractivity contribution is 7.91. The SMILES string of the molecule is C=CCC[C@@H](CC)S(=O)(=O)NC(=O)c1ccc2c(c1)N(C[C@@H]1CC[C@H]1[C@@H](O)C=C)C[C@@]1(CCc3cc(Cl)ccc31)CO2.C=CCC[C@H](CC)S(=O)(=O)NC(=O)c1ccc2c(c1)N(C[C@@H]1CC[C@H]1[C@@H](O)C=C)C[C@@]1(CCc3cc(Cl)ccc31)CO2. The Kier molecular flexibility index (Phi) is 19.9. The molecule has 4 N–H and O–H groups in total. The zero-order valence-corrected chi connectivity index (χ0v) is 51.6. The molecule has 4 aromatic rings. The molecule has 2 heterocycles. The van der Waals surface area contributed by atoms with Gasteiger partial charge in [-0.25, -0.2) is 26.3 Å². The monoisotopic (exact) mass is 1220 g/mol. The molecule has 10 rings (SSSR count). The van der Waals surface area contributed by atoms with Crippen LogP contribution >= 0.6 is 23.2 Å². The van der Waals surface area contributed by atoms with E-state index in [1.807, 2.05) is 24.3 Å². The number of hydrogen-bond donors (Lipinski definition) is 4. The minimum absolute atomic E-state index is 0.124. The van der Waals surface area contributed by atoms with Crippen LogP contribution in [0.2, 0.25) is 10.0 Å². The highest BCUT2D eigenvalue weighted by Crippen LogP contribution is 2.50. The van der Waals surface area contributed by atoms with E-state index in [2.05, 4.69) is 57.7 Å². The summed E-state index contributed by atoms with van der Waals surface area (Å²) in [4.78, 5) is 31.2. The fourth-order valence-electron chi connectivity index (χ4n) is 13.8. The van der Waals surface area contributed by atoms with Crippen LogP contribution in [0.4, 0.5) is 11.4 Å². The van der Waals surface area contributed by atoms with Crippen molar-refractivity contribution in [3.63, 3.8) is 0 Å². The zero-order valence-electron chi connectivity index (χ0n) is 48.5. The fourth-order valence-corrected chi connectivity index (χ4v) is 17.0. The molecule has 0 radical (unpaired) electrons. The molecule has 452 valence electrons. The standard InChI is InChI=1S/2C33H41ClN2O5S/c2*1-4-7-8-26(5-2)42(39,40)35-32(38)23-10-14-31-29(18-23)36(19-24-9-12-27(24)30(37)6-3)20-33(21-41-31)16-15-22-17-25(34)11-13-28(22)33/h2*4,6,10-11,13-14,17-18,24,26-27,30,37H,1,3,5,7-9,12,15-16,19-21H2,2H3,(H,35,38)/t24-,26+,27+,30-,33-;24-,26-,27+,30-,33-/m00/s1. The molecule has 2 spiro atoms. The molecule has 84 heavy (non-hydrogen) atoms. The van der Waals surface area contributed by atoms with E-state index in [-0.39, 0.29) is 45.6 Å². The molecule has 2 saturated carbocycles. The maximum Gasteiger partial charge on any atom is 0.264 e. The second kappa shape index (κ2) is 26.6. The van der Waals surface area contributed by atoms with Crippen molar-refractivity contribution in [2.45, 2.75) is 137 Å². The number of fused-ring (bicyclic) bond motifs is 6. The van der Waals surface area contributed by atoms with E-state index in [9.17, 15) is 36.6 Å². The van der Waals surface area contributed by atoms with Gasteiger partial charge >= 0.3 is 0 Å². The molecule has 2 fully saturated rings. The first-order valence-electron chi connectivity index (χ1n) is 29.8. The van der Waals surface area contributed by atoms with Crippen LogP contribution in [-0.2, 0) is 43.7 Å². The number of sulfonamides is 2. The van der Waals surface area contributed by atoms with E-state index in [0.717, 1.165) is 72.8 Å². The Hall–Kier alpha value is -5.62. The molecule has 0 saturated heterocycles. The number of nitrogens with one attached hydrogen (secondary N) is 2. The highest BCUT2D eigenvalue weighted by Gasteiger charge is 2.47. The number of nitrogens with zero attached hydrogens (tertiary/aromatic N) is 2. The average Bonchev–Trinajstić information content (AvgIpc) is 2.48. The number of carbonyl (C=O) groups excluding carboxylic acids is 2. The van der Waals surface area contributed by atoms with Crippen LogP contribution in [0.5, 0.6) is 11.5 Å². The molecule has 2 aliphatic heterocycles. The quantitative estimate of drug-likeness (QED) is 0.0545. The number of hydrogen-bond acceptors (Lipinski definition) is 12. The molecule has 14 nitrogen and oxygen atoms in total. The lowest BCUT2D eigenvalue weighted by Gasteiger charge is -2.43. The molecule has 2 amide bonds. The van der Waals surface area contributed by atoms with Crippen molar-refractivity contribution in [3.8, 4) is 11.5 Å². The van der Waals surface area contributed by atoms with Gasteiger partial charge in [0.1, 0.15) is 11.5 Å². The number of aryl methyl sites for hydroxylation is 2. The molecular formula is C66H82Cl2N4O10S2. The van der Waals surface area contributed by atoms with E-state index in [1.54, 1.807) is 74.5 Å². The summed E-state index contributed by atoms with van der Waals surface area (Å²) >= 11 is 12.7. The first-order valence-corrected chi connectivity index (χ1v) is 33.6.